The summed E-state index contributed by atoms with van der Waals surface area (Å²) in [7, 11) is 2.06. The average molecular weight is 148 g/mol. The monoisotopic (exact) mass is 148 g/mol. The molecule has 1 aliphatic rings. The summed E-state index contributed by atoms with van der Waals surface area (Å²) in [6.07, 6.45) is 6.40. The van der Waals surface area contributed by atoms with Crippen molar-refractivity contribution in [3.05, 3.63) is 23.3 Å². The summed E-state index contributed by atoms with van der Waals surface area (Å²) in [5.41, 5.74) is 3.98. The van der Waals surface area contributed by atoms with E-state index in [2.05, 4.69) is 29.6 Å². The van der Waals surface area contributed by atoms with Gasteiger partial charge in [0.15, 0.2) is 0 Å². The van der Waals surface area contributed by atoms with Crippen LogP contribution in [0, 0.1) is 0 Å². The number of rotatable bonds is 0. The minimum absolute atomic E-state index is 1.15. The van der Waals surface area contributed by atoms with Crippen LogP contribution in [-0.2, 0) is 13.5 Å². The van der Waals surface area contributed by atoms with Crippen LogP contribution in [0.3, 0.4) is 0 Å². The smallest absolute Gasteiger partial charge is 0.0953 e. The van der Waals surface area contributed by atoms with Crippen molar-refractivity contribution in [1.29, 1.82) is 0 Å². The summed E-state index contributed by atoms with van der Waals surface area (Å²) in [6, 6.07) is 0. The van der Waals surface area contributed by atoms with E-state index in [1.54, 1.807) is 0 Å². The summed E-state index contributed by atoms with van der Waals surface area (Å²) in [5, 5.41) is 0. The molecule has 0 atom stereocenters. The zero-order chi connectivity index (χ0) is 7.84. The Hall–Kier alpha value is -1.05. The summed E-state index contributed by atoms with van der Waals surface area (Å²) in [6.45, 7) is 2.16. The topological polar surface area (TPSA) is 17.8 Å². The number of fused-ring (bicyclic) bond motifs is 1. The van der Waals surface area contributed by atoms with E-state index in [0.717, 1.165) is 12.1 Å². The lowest BCUT2D eigenvalue weighted by Crippen LogP contribution is -2.01. The van der Waals surface area contributed by atoms with Crippen LogP contribution in [0.1, 0.15) is 24.7 Å². The Labute approximate surface area is 66.6 Å². The van der Waals surface area contributed by atoms with Crippen molar-refractivity contribution in [2.45, 2.75) is 19.8 Å². The molecule has 1 aromatic heterocycles. The number of imidazole rings is 1. The van der Waals surface area contributed by atoms with Gasteiger partial charge in [0.05, 0.1) is 12.0 Å². The third-order valence-electron chi connectivity index (χ3n) is 2.23. The fourth-order valence-corrected chi connectivity index (χ4v) is 1.52. The molecule has 0 amide bonds. The number of nitrogens with zero attached hydrogens (tertiary/aromatic N) is 2. The second-order valence-electron chi connectivity index (χ2n) is 3.18. The predicted molar refractivity (Wildman–Crippen MR) is 45.2 cm³/mol. The van der Waals surface area contributed by atoms with Crippen molar-refractivity contribution >= 4 is 6.08 Å². The first-order valence-corrected chi connectivity index (χ1v) is 3.95. The van der Waals surface area contributed by atoms with Gasteiger partial charge in [-0.05, 0) is 25.8 Å². The summed E-state index contributed by atoms with van der Waals surface area (Å²) in [5.74, 6) is 0. The van der Waals surface area contributed by atoms with Gasteiger partial charge >= 0.3 is 0 Å². The molecular formula is C9H12N2. The number of allylic oxidation sites excluding steroid dienone is 1. The maximum absolute atomic E-state index is 4.29. The molecule has 0 spiro atoms. The Bertz CT molecular complexity index is 307. The first kappa shape index (κ1) is 6.65. The third-order valence-corrected chi connectivity index (χ3v) is 2.23. The lowest BCUT2D eigenvalue weighted by Gasteiger charge is -2.09. The number of aryl methyl sites for hydroxylation is 1. The van der Waals surface area contributed by atoms with E-state index in [9.17, 15) is 0 Å². The first-order valence-electron chi connectivity index (χ1n) is 3.95. The van der Waals surface area contributed by atoms with Gasteiger partial charge in [0, 0.05) is 12.7 Å². The molecule has 11 heavy (non-hydrogen) atoms. The maximum Gasteiger partial charge on any atom is 0.0953 e. The van der Waals surface area contributed by atoms with Gasteiger partial charge < -0.3 is 4.57 Å². The van der Waals surface area contributed by atoms with Crippen molar-refractivity contribution in [2.75, 3.05) is 0 Å². The molecule has 0 aliphatic heterocycles. The van der Waals surface area contributed by atoms with Gasteiger partial charge in [-0.1, -0.05) is 5.57 Å². The highest BCUT2D eigenvalue weighted by molar-refractivity contribution is 5.53. The van der Waals surface area contributed by atoms with Gasteiger partial charge in [0.1, 0.15) is 0 Å². The lowest BCUT2D eigenvalue weighted by atomic mass is 10.0. The fraction of sp³-hybridized carbons (Fsp3) is 0.444. The molecule has 1 aliphatic carbocycles. The van der Waals surface area contributed by atoms with Crippen LogP contribution < -0.4 is 0 Å². The fourth-order valence-electron chi connectivity index (χ4n) is 1.52. The Balaban J connectivity index is 2.53. The Morgan fingerprint density at radius 3 is 3.09 bits per heavy atom. The van der Waals surface area contributed by atoms with Crippen LogP contribution in [-0.4, -0.2) is 9.55 Å². The number of aromatic nitrogens is 2. The molecule has 1 heterocycles. The zero-order valence-corrected chi connectivity index (χ0v) is 6.96. The van der Waals surface area contributed by atoms with Crippen LogP contribution in [0.4, 0.5) is 0 Å². The minimum atomic E-state index is 1.15. The highest BCUT2D eigenvalue weighted by Gasteiger charge is 2.11. The van der Waals surface area contributed by atoms with Crippen molar-refractivity contribution < 1.29 is 0 Å². The SMILES string of the molecule is CC1=Cc2ncn(C)c2CC1. The molecule has 0 unspecified atom stereocenters. The number of hydrogen-bond donors (Lipinski definition) is 0. The summed E-state index contributed by atoms with van der Waals surface area (Å²) in [4.78, 5) is 4.29. The van der Waals surface area contributed by atoms with E-state index in [4.69, 9.17) is 0 Å². The Kier molecular flexibility index (Phi) is 1.34. The van der Waals surface area contributed by atoms with E-state index in [-0.39, 0.29) is 0 Å². The molecule has 1 aromatic rings. The summed E-state index contributed by atoms with van der Waals surface area (Å²) < 4.78 is 2.11. The normalized spacial score (nSPS) is 16.0. The molecule has 0 saturated heterocycles. The van der Waals surface area contributed by atoms with Crippen LogP contribution in [0.15, 0.2) is 11.9 Å². The molecular weight excluding hydrogens is 136 g/mol. The third kappa shape index (κ3) is 0.985. The van der Waals surface area contributed by atoms with Gasteiger partial charge in [-0.2, -0.15) is 0 Å². The molecule has 0 aromatic carbocycles. The minimum Gasteiger partial charge on any atom is -0.337 e. The van der Waals surface area contributed by atoms with E-state index >= 15 is 0 Å². The second-order valence-corrected chi connectivity index (χ2v) is 3.18. The predicted octanol–water partition coefficient (Wildman–Crippen LogP) is 1.77. The van der Waals surface area contributed by atoms with Crippen LogP contribution in [0.2, 0.25) is 0 Å². The first-order chi connectivity index (χ1) is 5.27. The average Bonchev–Trinajstić information content (AvgIpc) is 2.32. The standard InChI is InChI=1S/C9H12N2/c1-7-3-4-9-8(5-7)10-6-11(9)2/h5-6H,3-4H2,1-2H3. The molecule has 0 bridgehead atoms. The Morgan fingerprint density at radius 2 is 2.27 bits per heavy atom. The van der Waals surface area contributed by atoms with Crippen molar-refractivity contribution in [1.82, 2.24) is 9.55 Å². The van der Waals surface area contributed by atoms with E-state index in [1.807, 2.05) is 6.33 Å². The van der Waals surface area contributed by atoms with Crippen LogP contribution in [0.25, 0.3) is 6.08 Å². The van der Waals surface area contributed by atoms with Crippen molar-refractivity contribution in [3.8, 4) is 0 Å². The molecule has 0 N–H and O–H groups in total. The molecule has 2 nitrogen and oxygen atoms in total. The van der Waals surface area contributed by atoms with Gasteiger partial charge in [0.2, 0.25) is 0 Å². The second kappa shape index (κ2) is 2.22. The quantitative estimate of drug-likeness (QED) is 0.548. The largest absolute Gasteiger partial charge is 0.337 e. The highest BCUT2D eigenvalue weighted by atomic mass is 15.0. The van der Waals surface area contributed by atoms with Gasteiger partial charge in [0.25, 0.3) is 0 Å². The zero-order valence-electron chi connectivity index (χ0n) is 6.96. The molecule has 0 fully saturated rings. The van der Waals surface area contributed by atoms with Crippen molar-refractivity contribution in [2.24, 2.45) is 7.05 Å². The molecule has 0 saturated carbocycles. The molecule has 58 valence electrons. The number of hydrogen-bond acceptors (Lipinski definition) is 1. The van der Waals surface area contributed by atoms with E-state index < -0.39 is 0 Å². The van der Waals surface area contributed by atoms with Crippen LogP contribution >= 0.6 is 0 Å². The summed E-state index contributed by atoms with van der Waals surface area (Å²) >= 11 is 0. The van der Waals surface area contributed by atoms with Gasteiger partial charge in [-0.15, -0.1) is 0 Å². The lowest BCUT2D eigenvalue weighted by molar-refractivity contribution is 0.787. The van der Waals surface area contributed by atoms with Gasteiger partial charge in [-0.25, -0.2) is 4.98 Å². The molecule has 2 rings (SSSR count). The van der Waals surface area contributed by atoms with Gasteiger partial charge in [-0.3, -0.25) is 0 Å². The molecule has 0 radical (unpaired) electrons. The maximum atomic E-state index is 4.29. The van der Waals surface area contributed by atoms with Crippen LogP contribution in [0.5, 0.6) is 0 Å². The van der Waals surface area contributed by atoms with E-state index in [1.165, 1.54) is 17.7 Å². The molecule has 2 heteroatoms. The highest BCUT2D eigenvalue weighted by Crippen LogP contribution is 2.21. The Morgan fingerprint density at radius 1 is 1.45 bits per heavy atom. The van der Waals surface area contributed by atoms with E-state index in [0.29, 0.717) is 0 Å². The van der Waals surface area contributed by atoms with Crippen molar-refractivity contribution in [3.63, 3.8) is 0 Å².